The molecule has 166 valence electrons. The van der Waals surface area contributed by atoms with Crippen LogP contribution in [0, 0.1) is 18.7 Å². The first-order valence-electron chi connectivity index (χ1n) is 11.0. The molecule has 6 rings (SSSR count). The van der Waals surface area contributed by atoms with Crippen LogP contribution >= 0.6 is 0 Å². The number of piperidine rings is 1. The van der Waals surface area contributed by atoms with Crippen molar-refractivity contribution in [1.82, 2.24) is 29.9 Å². The van der Waals surface area contributed by atoms with E-state index in [0.717, 1.165) is 25.1 Å². The van der Waals surface area contributed by atoms with E-state index in [0.29, 0.717) is 35.0 Å². The number of fused-ring (bicyclic) bond motifs is 2. The Morgan fingerprint density at radius 2 is 1.97 bits per heavy atom. The van der Waals surface area contributed by atoms with Crippen LogP contribution in [0.4, 0.5) is 10.2 Å². The van der Waals surface area contributed by atoms with Gasteiger partial charge in [0.15, 0.2) is 5.82 Å². The molecule has 2 aromatic carbocycles. The van der Waals surface area contributed by atoms with Gasteiger partial charge in [-0.05, 0) is 37.6 Å². The highest BCUT2D eigenvalue weighted by atomic mass is 19.1. The summed E-state index contributed by atoms with van der Waals surface area (Å²) in [4.78, 5) is 28.0. The zero-order chi connectivity index (χ0) is 22.5. The average Bonchev–Trinajstić information content (AvgIpc) is 3.35. The monoisotopic (exact) mass is 443 g/mol. The van der Waals surface area contributed by atoms with Crippen molar-refractivity contribution in [3.05, 3.63) is 71.9 Å². The minimum Gasteiger partial charge on any atom is -0.353 e. The Kier molecular flexibility index (Phi) is 4.56. The highest BCUT2D eigenvalue weighted by Gasteiger charge is 2.46. The Labute approximate surface area is 189 Å². The van der Waals surface area contributed by atoms with E-state index in [4.69, 9.17) is 0 Å². The summed E-state index contributed by atoms with van der Waals surface area (Å²) in [7, 11) is 0. The van der Waals surface area contributed by atoms with Crippen LogP contribution in [0.15, 0.2) is 55.0 Å². The van der Waals surface area contributed by atoms with Gasteiger partial charge in [0.1, 0.15) is 11.3 Å². The van der Waals surface area contributed by atoms with Crippen LogP contribution in [0.5, 0.6) is 0 Å². The van der Waals surface area contributed by atoms with Gasteiger partial charge < -0.3 is 9.80 Å². The first-order chi connectivity index (χ1) is 16.1. The standard InChI is InChI=1S/C24H22FN7O/c1-15-5-6-20(32-27-8-9-28-32)17(11-15)24(33)31-13-16-7-10-30(14-21(16)31)22-12-26-19-4-2-3-18(25)23(19)29-22/h2-6,8-9,11-12,16,21H,7,10,13-14H2,1H3/t16-,21-/m1/s1. The molecule has 0 spiro atoms. The van der Waals surface area contributed by atoms with Gasteiger partial charge in [-0.15, -0.1) is 0 Å². The van der Waals surface area contributed by atoms with E-state index < -0.39 is 0 Å². The SMILES string of the molecule is Cc1ccc(-n2nccn2)c(C(=O)N2C[C@H]3CCN(c4cnc5cccc(F)c5n4)C[C@H]32)c1. The minimum absolute atomic E-state index is 0.0234. The number of aryl methyl sites for hydroxylation is 1. The number of likely N-dealkylation sites (tertiary alicyclic amines) is 1. The lowest BCUT2D eigenvalue weighted by molar-refractivity contribution is 0.00777. The summed E-state index contributed by atoms with van der Waals surface area (Å²) in [5.74, 6) is 0.690. The Balaban J connectivity index is 1.27. The van der Waals surface area contributed by atoms with Gasteiger partial charge in [0.05, 0.1) is 41.4 Å². The third kappa shape index (κ3) is 3.31. The molecular weight excluding hydrogens is 421 g/mol. The fourth-order valence-electron chi connectivity index (χ4n) is 4.87. The molecule has 0 aliphatic carbocycles. The summed E-state index contributed by atoms with van der Waals surface area (Å²) in [6, 6.07) is 10.6. The van der Waals surface area contributed by atoms with E-state index in [9.17, 15) is 9.18 Å². The Hall–Kier alpha value is -3.88. The number of aromatic nitrogens is 5. The van der Waals surface area contributed by atoms with Gasteiger partial charge in [-0.1, -0.05) is 17.7 Å². The third-order valence-corrected chi connectivity index (χ3v) is 6.67. The molecule has 0 saturated carbocycles. The van der Waals surface area contributed by atoms with Crippen molar-refractivity contribution in [2.75, 3.05) is 24.5 Å². The zero-order valence-corrected chi connectivity index (χ0v) is 18.1. The maximum absolute atomic E-state index is 14.2. The number of carbonyl (C=O) groups excluding carboxylic acids is 1. The largest absolute Gasteiger partial charge is 0.353 e. The van der Waals surface area contributed by atoms with Gasteiger partial charge in [0.2, 0.25) is 0 Å². The number of halogens is 1. The Morgan fingerprint density at radius 1 is 1.12 bits per heavy atom. The van der Waals surface area contributed by atoms with E-state index in [1.807, 2.05) is 30.0 Å². The molecule has 33 heavy (non-hydrogen) atoms. The van der Waals surface area contributed by atoms with E-state index in [1.54, 1.807) is 30.7 Å². The van der Waals surface area contributed by atoms with E-state index in [2.05, 4.69) is 25.1 Å². The van der Waals surface area contributed by atoms with Crippen LogP contribution in [-0.2, 0) is 0 Å². The van der Waals surface area contributed by atoms with Crippen LogP contribution in [0.25, 0.3) is 16.7 Å². The number of anilines is 1. The number of hydrogen-bond donors (Lipinski definition) is 0. The molecule has 2 aromatic heterocycles. The highest BCUT2D eigenvalue weighted by Crippen LogP contribution is 2.36. The normalized spacial score (nSPS) is 19.9. The lowest BCUT2D eigenvalue weighted by Crippen LogP contribution is -2.66. The van der Waals surface area contributed by atoms with Crippen LogP contribution in [0.3, 0.4) is 0 Å². The fraction of sp³-hybridized carbons (Fsp3) is 0.292. The second kappa shape index (κ2) is 7.61. The molecule has 0 unspecified atom stereocenters. The van der Waals surface area contributed by atoms with Crippen LogP contribution in [0.1, 0.15) is 22.3 Å². The molecule has 2 atom stereocenters. The van der Waals surface area contributed by atoms with Gasteiger partial charge in [-0.3, -0.25) is 9.78 Å². The number of rotatable bonds is 3. The summed E-state index contributed by atoms with van der Waals surface area (Å²) >= 11 is 0. The number of nitrogens with zero attached hydrogens (tertiary/aromatic N) is 7. The minimum atomic E-state index is -0.378. The fourth-order valence-corrected chi connectivity index (χ4v) is 4.87. The Bertz CT molecular complexity index is 1360. The first kappa shape index (κ1) is 19.8. The average molecular weight is 443 g/mol. The predicted octanol–water partition coefficient (Wildman–Crippen LogP) is 3.01. The molecule has 0 bridgehead atoms. The quantitative estimate of drug-likeness (QED) is 0.484. The summed E-state index contributed by atoms with van der Waals surface area (Å²) in [5, 5.41) is 8.42. The zero-order valence-electron chi connectivity index (χ0n) is 18.1. The number of para-hydroxylation sites is 1. The van der Waals surface area contributed by atoms with Crippen molar-refractivity contribution in [3.63, 3.8) is 0 Å². The summed E-state index contributed by atoms with van der Waals surface area (Å²) in [6.45, 7) is 4.15. The van der Waals surface area contributed by atoms with E-state index in [-0.39, 0.29) is 23.3 Å². The number of amides is 1. The lowest BCUT2D eigenvalue weighted by atomic mass is 9.81. The first-order valence-corrected chi connectivity index (χ1v) is 11.0. The summed E-state index contributed by atoms with van der Waals surface area (Å²) in [5.41, 5.74) is 3.07. The molecule has 2 aliphatic rings. The van der Waals surface area contributed by atoms with Gasteiger partial charge >= 0.3 is 0 Å². The van der Waals surface area contributed by atoms with Gasteiger partial charge in [-0.2, -0.15) is 15.0 Å². The second-order valence-corrected chi connectivity index (χ2v) is 8.69. The molecule has 0 N–H and O–H groups in total. The van der Waals surface area contributed by atoms with Crippen LogP contribution in [0.2, 0.25) is 0 Å². The van der Waals surface area contributed by atoms with E-state index in [1.165, 1.54) is 10.9 Å². The van der Waals surface area contributed by atoms with Crippen molar-refractivity contribution in [2.45, 2.75) is 19.4 Å². The van der Waals surface area contributed by atoms with Crippen LogP contribution in [-0.4, -0.2) is 61.4 Å². The van der Waals surface area contributed by atoms with Crippen molar-refractivity contribution in [2.24, 2.45) is 5.92 Å². The number of carbonyl (C=O) groups is 1. The van der Waals surface area contributed by atoms with Crippen molar-refractivity contribution < 1.29 is 9.18 Å². The molecular formula is C24H22FN7O. The molecule has 1 amide bonds. The Morgan fingerprint density at radius 3 is 2.82 bits per heavy atom. The van der Waals surface area contributed by atoms with E-state index >= 15 is 0 Å². The molecule has 2 fully saturated rings. The molecule has 4 aromatic rings. The lowest BCUT2D eigenvalue weighted by Gasteiger charge is -2.53. The van der Waals surface area contributed by atoms with Gasteiger partial charge in [-0.25, -0.2) is 9.37 Å². The maximum atomic E-state index is 14.2. The van der Waals surface area contributed by atoms with Crippen molar-refractivity contribution in [1.29, 1.82) is 0 Å². The third-order valence-electron chi connectivity index (χ3n) is 6.67. The van der Waals surface area contributed by atoms with Crippen LogP contribution < -0.4 is 4.90 Å². The molecule has 8 nitrogen and oxygen atoms in total. The summed E-state index contributed by atoms with van der Waals surface area (Å²) in [6.07, 6.45) is 5.84. The number of hydrogen-bond acceptors (Lipinski definition) is 6. The highest BCUT2D eigenvalue weighted by molar-refractivity contribution is 5.98. The molecule has 2 aliphatic heterocycles. The maximum Gasteiger partial charge on any atom is 0.256 e. The molecule has 9 heteroatoms. The predicted molar refractivity (Wildman–Crippen MR) is 121 cm³/mol. The van der Waals surface area contributed by atoms with Crippen molar-refractivity contribution >= 4 is 22.8 Å². The molecule has 2 saturated heterocycles. The number of benzene rings is 2. The smallest absolute Gasteiger partial charge is 0.256 e. The summed E-state index contributed by atoms with van der Waals surface area (Å²) < 4.78 is 14.2. The topological polar surface area (TPSA) is 80.0 Å². The van der Waals surface area contributed by atoms with Gasteiger partial charge in [0.25, 0.3) is 5.91 Å². The second-order valence-electron chi connectivity index (χ2n) is 8.69. The molecule has 0 radical (unpaired) electrons. The van der Waals surface area contributed by atoms with Crippen molar-refractivity contribution in [3.8, 4) is 5.69 Å². The van der Waals surface area contributed by atoms with Gasteiger partial charge in [0, 0.05) is 25.6 Å². The molecule has 4 heterocycles.